The van der Waals surface area contributed by atoms with Crippen molar-refractivity contribution in [1.29, 1.82) is 0 Å². The highest BCUT2D eigenvalue weighted by atomic mass is 32.2. The van der Waals surface area contributed by atoms with Gasteiger partial charge in [0.1, 0.15) is 0 Å². The highest BCUT2D eigenvalue weighted by Gasteiger charge is 2.21. The average Bonchev–Trinajstić information content (AvgIpc) is 3.10. The molecule has 1 heterocycles. The summed E-state index contributed by atoms with van der Waals surface area (Å²) < 4.78 is 29.0. The zero-order valence-corrected chi connectivity index (χ0v) is 18.9. The van der Waals surface area contributed by atoms with Crippen molar-refractivity contribution in [2.24, 2.45) is 4.99 Å². The molecule has 11 heteroatoms. The molecule has 0 spiro atoms. The second kappa shape index (κ2) is 9.08. The molecule has 3 aromatic rings. The first-order chi connectivity index (χ1) is 14.7. The molecule has 0 aliphatic rings. The summed E-state index contributed by atoms with van der Waals surface area (Å²) in [5.41, 5.74) is 0.981. The highest BCUT2D eigenvalue weighted by Crippen LogP contribution is 2.23. The van der Waals surface area contributed by atoms with E-state index >= 15 is 0 Å². The molecule has 9 nitrogen and oxygen atoms in total. The molecule has 164 valence electrons. The molecule has 0 fully saturated rings. The minimum absolute atomic E-state index is 0.0279. The largest absolute Gasteiger partial charge is 0.317 e. The molecule has 1 amide bonds. The maximum absolute atomic E-state index is 12.7. The van der Waals surface area contributed by atoms with Crippen LogP contribution in [0.2, 0.25) is 0 Å². The number of amides is 1. The summed E-state index contributed by atoms with van der Waals surface area (Å²) in [5, 5.41) is 11.0. The van der Waals surface area contributed by atoms with E-state index in [4.69, 9.17) is 0 Å². The second-order valence-corrected chi connectivity index (χ2v) is 9.52. The van der Waals surface area contributed by atoms with Crippen molar-refractivity contribution in [3.63, 3.8) is 0 Å². The van der Waals surface area contributed by atoms with Crippen LogP contribution in [-0.2, 0) is 16.6 Å². The van der Waals surface area contributed by atoms with E-state index in [9.17, 15) is 23.3 Å². The molecule has 31 heavy (non-hydrogen) atoms. The summed E-state index contributed by atoms with van der Waals surface area (Å²) in [6, 6.07) is 10.2. The number of carbonyl (C=O) groups is 1. The first-order valence-electron chi connectivity index (χ1n) is 9.69. The van der Waals surface area contributed by atoms with Crippen LogP contribution in [0.15, 0.2) is 52.4 Å². The average molecular weight is 463 g/mol. The van der Waals surface area contributed by atoms with E-state index in [1.807, 2.05) is 6.92 Å². The van der Waals surface area contributed by atoms with Crippen LogP contribution in [0.3, 0.4) is 0 Å². The Labute approximate surface area is 183 Å². The molecule has 0 saturated heterocycles. The number of aromatic nitrogens is 1. The Balaban J connectivity index is 1.98. The van der Waals surface area contributed by atoms with Crippen molar-refractivity contribution in [1.82, 2.24) is 8.87 Å². The van der Waals surface area contributed by atoms with Gasteiger partial charge in [-0.3, -0.25) is 14.9 Å². The van der Waals surface area contributed by atoms with E-state index in [0.717, 1.165) is 5.52 Å². The van der Waals surface area contributed by atoms with Crippen LogP contribution in [0.1, 0.15) is 31.1 Å². The van der Waals surface area contributed by atoms with E-state index in [1.54, 1.807) is 24.5 Å². The summed E-state index contributed by atoms with van der Waals surface area (Å²) in [7, 11) is -3.61. The summed E-state index contributed by atoms with van der Waals surface area (Å²) in [4.78, 5) is 28.0. The molecular weight excluding hydrogens is 440 g/mol. The number of nitro benzene ring substituents is 1. The summed E-state index contributed by atoms with van der Waals surface area (Å²) in [6.07, 6.45) is 0. The standard InChI is InChI=1S/C20H22N4O5S2/c1-4-22(5-2)31(28,29)16-10-7-14(8-11-16)19(25)21-20-23(6-3)17-12-9-15(24(26)27)13-18(17)30-20/h7-13H,4-6H2,1-3H3. The molecule has 0 aliphatic carbocycles. The molecule has 0 unspecified atom stereocenters. The fourth-order valence-electron chi connectivity index (χ4n) is 3.20. The summed E-state index contributed by atoms with van der Waals surface area (Å²) in [5.74, 6) is -0.518. The maximum Gasteiger partial charge on any atom is 0.279 e. The normalized spacial score (nSPS) is 12.6. The minimum Gasteiger partial charge on any atom is -0.317 e. The van der Waals surface area contributed by atoms with Gasteiger partial charge in [0.2, 0.25) is 10.0 Å². The molecular formula is C20H22N4O5S2. The SMILES string of the molecule is CCN(CC)S(=O)(=O)c1ccc(C(=O)N=c2sc3cc([N+](=O)[O-])ccc3n2CC)cc1. The molecule has 2 aromatic carbocycles. The number of sulfonamides is 1. The molecule has 0 bridgehead atoms. The predicted molar refractivity (Wildman–Crippen MR) is 119 cm³/mol. The third-order valence-electron chi connectivity index (χ3n) is 4.84. The number of carbonyl (C=O) groups excluding carboxylic acids is 1. The molecule has 1 aromatic heterocycles. The van der Waals surface area contributed by atoms with Crippen LogP contribution >= 0.6 is 11.3 Å². The monoisotopic (exact) mass is 462 g/mol. The highest BCUT2D eigenvalue weighted by molar-refractivity contribution is 7.89. The van der Waals surface area contributed by atoms with Crippen molar-refractivity contribution < 1.29 is 18.1 Å². The minimum atomic E-state index is -3.61. The number of hydrogen-bond donors (Lipinski definition) is 0. The van der Waals surface area contributed by atoms with Gasteiger partial charge in [-0.1, -0.05) is 25.2 Å². The summed E-state index contributed by atoms with van der Waals surface area (Å²) >= 11 is 1.19. The van der Waals surface area contributed by atoms with Crippen molar-refractivity contribution in [2.45, 2.75) is 32.2 Å². The molecule has 0 saturated carbocycles. The summed E-state index contributed by atoms with van der Waals surface area (Å²) in [6.45, 7) is 6.67. The number of nitro groups is 1. The van der Waals surface area contributed by atoms with Crippen LogP contribution in [0.25, 0.3) is 10.2 Å². The lowest BCUT2D eigenvalue weighted by atomic mass is 10.2. The predicted octanol–water partition coefficient (Wildman–Crippen LogP) is 3.40. The smallest absolute Gasteiger partial charge is 0.279 e. The van der Waals surface area contributed by atoms with E-state index in [0.29, 0.717) is 29.1 Å². The first-order valence-corrected chi connectivity index (χ1v) is 12.0. The third-order valence-corrected chi connectivity index (χ3v) is 7.94. The van der Waals surface area contributed by atoms with Crippen molar-refractivity contribution in [3.8, 4) is 0 Å². The van der Waals surface area contributed by atoms with Crippen LogP contribution in [0.5, 0.6) is 0 Å². The van der Waals surface area contributed by atoms with Crippen LogP contribution in [-0.4, -0.2) is 41.2 Å². The number of thiazole rings is 1. The Kier molecular flexibility index (Phi) is 6.68. The lowest BCUT2D eigenvalue weighted by Crippen LogP contribution is -2.30. The lowest BCUT2D eigenvalue weighted by molar-refractivity contribution is -0.384. The van der Waals surface area contributed by atoms with Gasteiger partial charge in [0.15, 0.2) is 4.80 Å². The van der Waals surface area contributed by atoms with Crippen molar-refractivity contribution in [2.75, 3.05) is 13.1 Å². The number of non-ortho nitro benzene ring substituents is 1. The van der Waals surface area contributed by atoms with Gasteiger partial charge in [-0.25, -0.2) is 8.42 Å². The second-order valence-electron chi connectivity index (χ2n) is 6.57. The van der Waals surface area contributed by atoms with Crippen LogP contribution < -0.4 is 4.80 Å². The van der Waals surface area contributed by atoms with Crippen molar-refractivity contribution >= 4 is 43.2 Å². The molecule has 0 N–H and O–H groups in total. The van der Waals surface area contributed by atoms with E-state index in [-0.39, 0.29) is 16.1 Å². The number of rotatable bonds is 7. The Morgan fingerprint density at radius 1 is 1.13 bits per heavy atom. The van der Waals surface area contributed by atoms with Gasteiger partial charge in [0.05, 0.1) is 20.0 Å². The van der Waals surface area contributed by atoms with Crippen LogP contribution in [0, 0.1) is 10.1 Å². The zero-order valence-electron chi connectivity index (χ0n) is 17.3. The molecule has 0 aliphatic heterocycles. The van der Waals surface area contributed by atoms with Gasteiger partial charge in [-0.2, -0.15) is 9.30 Å². The van der Waals surface area contributed by atoms with Gasteiger partial charge < -0.3 is 4.57 Å². The zero-order chi connectivity index (χ0) is 22.8. The Morgan fingerprint density at radius 2 is 1.77 bits per heavy atom. The number of fused-ring (bicyclic) bond motifs is 1. The number of hydrogen-bond acceptors (Lipinski definition) is 6. The van der Waals surface area contributed by atoms with E-state index in [2.05, 4.69) is 4.99 Å². The van der Waals surface area contributed by atoms with Crippen molar-refractivity contribution in [3.05, 3.63) is 62.9 Å². The van der Waals surface area contributed by atoms with Gasteiger partial charge >= 0.3 is 0 Å². The maximum atomic E-state index is 12.7. The number of aryl methyl sites for hydroxylation is 1. The van der Waals surface area contributed by atoms with E-state index < -0.39 is 20.9 Å². The fourth-order valence-corrected chi connectivity index (χ4v) is 5.78. The van der Waals surface area contributed by atoms with Gasteiger partial charge in [0, 0.05) is 37.3 Å². The van der Waals surface area contributed by atoms with Gasteiger partial charge in [-0.05, 0) is 37.3 Å². The quantitative estimate of drug-likeness (QED) is 0.394. The molecule has 0 atom stereocenters. The van der Waals surface area contributed by atoms with Crippen LogP contribution in [0.4, 0.5) is 5.69 Å². The fraction of sp³-hybridized carbons (Fsp3) is 0.300. The third kappa shape index (κ3) is 4.43. The Morgan fingerprint density at radius 3 is 2.32 bits per heavy atom. The topological polar surface area (TPSA) is 115 Å². The number of nitrogens with zero attached hydrogens (tertiary/aromatic N) is 4. The lowest BCUT2D eigenvalue weighted by Gasteiger charge is -2.18. The van der Waals surface area contributed by atoms with E-state index in [1.165, 1.54) is 52.0 Å². The number of benzene rings is 2. The first kappa shape index (κ1) is 22.8. The Bertz CT molecular complexity index is 1300. The molecule has 3 rings (SSSR count). The van der Waals surface area contributed by atoms with Gasteiger partial charge in [0.25, 0.3) is 11.6 Å². The Hall–Kier alpha value is -2.89. The van der Waals surface area contributed by atoms with Gasteiger partial charge in [-0.15, -0.1) is 0 Å². The molecule has 0 radical (unpaired) electrons.